The summed E-state index contributed by atoms with van der Waals surface area (Å²) in [5.74, 6) is 0.196. The largest absolute Gasteiger partial charge is 0.481 e. The Morgan fingerprint density at radius 1 is 1.25 bits per heavy atom. The van der Waals surface area contributed by atoms with E-state index in [0.717, 1.165) is 12.8 Å². The highest BCUT2D eigenvalue weighted by Gasteiger charge is 2.26. The van der Waals surface area contributed by atoms with Crippen LogP contribution in [0.2, 0.25) is 0 Å². The van der Waals surface area contributed by atoms with Crippen molar-refractivity contribution in [3.63, 3.8) is 0 Å². The zero-order valence-electron chi connectivity index (χ0n) is 12.1. The highest BCUT2D eigenvalue weighted by molar-refractivity contribution is 5.81. The number of ether oxygens (including phenoxy) is 1. The summed E-state index contributed by atoms with van der Waals surface area (Å²) in [6.45, 7) is 1.74. The van der Waals surface area contributed by atoms with Crippen molar-refractivity contribution in [2.45, 2.75) is 51.2 Å². The summed E-state index contributed by atoms with van der Waals surface area (Å²) >= 11 is 0. The molecule has 0 bridgehead atoms. The number of hydrogen-bond acceptors (Lipinski definition) is 2. The maximum absolute atomic E-state index is 12.8. The molecule has 1 aromatic rings. The summed E-state index contributed by atoms with van der Waals surface area (Å²) < 4.78 is 18.4. The second kappa shape index (κ2) is 6.73. The van der Waals surface area contributed by atoms with E-state index in [1.165, 1.54) is 31.4 Å². The lowest BCUT2D eigenvalue weighted by Crippen LogP contribution is -2.44. The van der Waals surface area contributed by atoms with Crippen LogP contribution in [0.25, 0.3) is 0 Å². The smallest absolute Gasteiger partial charge is 0.263 e. The number of carbonyl (C=O) groups excluding carboxylic acids is 1. The number of carbonyl (C=O) groups is 1. The molecule has 3 nitrogen and oxygen atoms in total. The van der Waals surface area contributed by atoms with E-state index in [-0.39, 0.29) is 11.7 Å². The summed E-state index contributed by atoms with van der Waals surface area (Å²) in [5.41, 5.74) is 0. The zero-order valence-corrected chi connectivity index (χ0v) is 12.1. The van der Waals surface area contributed by atoms with E-state index in [2.05, 4.69) is 0 Å². The van der Waals surface area contributed by atoms with Gasteiger partial charge in [0.15, 0.2) is 6.10 Å². The van der Waals surface area contributed by atoms with Crippen LogP contribution in [0.5, 0.6) is 5.75 Å². The Hall–Kier alpha value is -1.58. The van der Waals surface area contributed by atoms with Gasteiger partial charge in [0.2, 0.25) is 0 Å². The first-order valence-corrected chi connectivity index (χ1v) is 7.27. The number of likely N-dealkylation sites (N-methyl/N-ethyl adjacent to an activating group) is 1. The summed E-state index contributed by atoms with van der Waals surface area (Å²) in [6.07, 6.45) is 5.25. The summed E-state index contributed by atoms with van der Waals surface area (Å²) in [4.78, 5) is 14.2. The maximum Gasteiger partial charge on any atom is 0.263 e. The normalized spacial score (nSPS) is 17.6. The second-order valence-corrected chi connectivity index (χ2v) is 5.45. The van der Waals surface area contributed by atoms with Crippen LogP contribution < -0.4 is 4.74 Å². The lowest BCUT2D eigenvalue weighted by atomic mass is 9.94. The number of amides is 1. The third-order valence-corrected chi connectivity index (χ3v) is 3.94. The van der Waals surface area contributed by atoms with Gasteiger partial charge >= 0.3 is 0 Å². The Morgan fingerprint density at radius 2 is 1.85 bits per heavy atom. The molecule has 0 spiro atoms. The van der Waals surface area contributed by atoms with Crippen molar-refractivity contribution in [3.05, 3.63) is 30.1 Å². The molecule has 1 atom stereocenters. The topological polar surface area (TPSA) is 29.5 Å². The van der Waals surface area contributed by atoms with E-state index >= 15 is 0 Å². The van der Waals surface area contributed by atoms with Gasteiger partial charge in [-0.2, -0.15) is 0 Å². The lowest BCUT2D eigenvalue weighted by Gasteiger charge is -2.32. The molecule has 4 heteroatoms. The summed E-state index contributed by atoms with van der Waals surface area (Å²) in [5, 5.41) is 0. The number of rotatable bonds is 4. The molecule has 1 aliphatic rings. The van der Waals surface area contributed by atoms with Crippen molar-refractivity contribution >= 4 is 5.91 Å². The number of halogens is 1. The fourth-order valence-electron chi connectivity index (χ4n) is 2.70. The average molecular weight is 279 g/mol. The first-order chi connectivity index (χ1) is 9.58. The van der Waals surface area contributed by atoms with Gasteiger partial charge in [-0.1, -0.05) is 19.3 Å². The predicted octanol–water partition coefficient (Wildman–Crippen LogP) is 3.38. The quantitative estimate of drug-likeness (QED) is 0.845. The Balaban J connectivity index is 1.92. The molecule has 0 heterocycles. The third-order valence-electron chi connectivity index (χ3n) is 3.94. The molecule has 20 heavy (non-hydrogen) atoms. The molecular weight excluding hydrogens is 257 g/mol. The van der Waals surface area contributed by atoms with Gasteiger partial charge in [0.05, 0.1) is 0 Å². The fourth-order valence-corrected chi connectivity index (χ4v) is 2.70. The van der Waals surface area contributed by atoms with Crippen molar-refractivity contribution in [1.29, 1.82) is 0 Å². The highest BCUT2D eigenvalue weighted by Crippen LogP contribution is 2.22. The van der Waals surface area contributed by atoms with E-state index in [9.17, 15) is 9.18 Å². The van der Waals surface area contributed by atoms with E-state index in [0.29, 0.717) is 11.8 Å². The van der Waals surface area contributed by atoms with Crippen molar-refractivity contribution in [2.24, 2.45) is 0 Å². The van der Waals surface area contributed by atoms with E-state index in [1.54, 1.807) is 19.1 Å². The monoisotopic (exact) mass is 279 g/mol. The SMILES string of the molecule is CC(Oc1ccc(F)cc1)C(=O)N(C)C1CCCCC1. The van der Waals surface area contributed by atoms with Crippen LogP contribution in [0.3, 0.4) is 0 Å². The molecule has 0 saturated heterocycles. The molecule has 1 unspecified atom stereocenters. The third kappa shape index (κ3) is 3.71. The second-order valence-electron chi connectivity index (χ2n) is 5.45. The minimum atomic E-state index is -0.549. The molecular formula is C16H22FNO2. The highest BCUT2D eigenvalue weighted by atomic mass is 19.1. The minimum Gasteiger partial charge on any atom is -0.481 e. The van der Waals surface area contributed by atoms with Gasteiger partial charge in [0.25, 0.3) is 5.91 Å². The van der Waals surface area contributed by atoms with E-state index in [4.69, 9.17) is 4.74 Å². The Morgan fingerprint density at radius 3 is 2.45 bits per heavy atom. The van der Waals surface area contributed by atoms with Crippen LogP contribution in [0.4, 0.5) is 4.39 Å². The Labute approximate surface area is 119 Å². The van der Waals surface area contributed by atoms with E-state index < -0.39 is 6.10 Å². The molecule has 0 aromatic heterocycles. The number of benzene rings is 1. The van der Waals surface area contributed by atoms with Gasteiger partial charge < -0.3 is 9.64 Å². The Kier molecular flexibility index (Phi) is 4.99. The van der Waals surface area contributed by atoms with Gasteiger partial charge in [-0.05, 0) is 44.0 Å². The van der Waals surface area contributed by atoms with Crippen molar-refractivity contribution in [3.8, 4) is 5.75 Å². The van der Waals surface area contributed by atoms with Crippen LogP contribution in [0, 0.1) is 5.82 Å². The minimum absolute atomic E-state index is 0.0128. The fraction of sp³-hybridized carbons (Fsp3) is 0.562. The standard InChI is InChI=1S/C16H22FNO2/c1-12(20-15-10-8-13(17)9-11-15)16(19)18(2)14-6-4-3-5-7-14/h8-12,14H,3-7H2,1-2H3. The van der Waals surface area contributed by atoms with Gasteiger partial charge in [-0.3, -0.25) is 4.79 Å². The van der Waals surface area contributed by atoms with Crippen molar-refractivity contribution in [1.82, 2.24) is 4.90 Å². The first-order valence-electron chi connectivity index (χ1n) is 7.27. The van der Waals surface area contributed by atoms with Crippen molar-refractivity contribution in [2.75, 3.05) is 7.05 Å². The maximum atomic E-state index is 12.8. The number of nitrogens with zero attached hydrogens (tertiary/aromatic N) is 1. The van der Waals surface area contributed by atoms with Crippen LogP contribution in [-0.2, 0) is 4.79 Å². The molecule has 0 radical (unpaired) electrons. The molecule has 1 aliphatic carbocycles. The molecule has 1 aromatic carbocycles. The van der Waals surface area contributed by atoms with Crippen molar-refractivity contribution < 1.29 is 13.9 Å². The average Bonchev–Trinajstić information content (AvgIpc) is 2.49. The molecule has 1 saturated carbocycles. The first kappa shape index (κ1) is 14.8. The molecule has 1 amide bonds. The molecule has 1 fully saturated rings. The summed E-state index contributed by atoms with van der Waals surface area (Å²) in [7, 11) is 1.85. The molecule has 2 rings (SSSR count). The van der Waals surface area contributed by atoms with E-state index in [1.807, 2.05) is 11.9 Å². The molecule has 0 N–H and O–H groups in total. The lowest BCUT2D eigenvalue weighted by molar-refractivity contribution is -0.139. The molecule has 0 aliphatic heterocycles. The van der Waals surface area contributed by atoms with Crippen LogP contribution in [-0.4, -0.2) is 30.0 Å². The van der Waals surface area contributed by atoms with Gasteiger partial charge in [0.1, 0.15) is 11.6 Å². The predicted molar refractivity (Wildman–Crippen MR) is 76.1 cm³/mol. The van der Waals surface area contributed by atoms with Crippen LogP contribution >= 0.6 is 0 Å². The molecule has 110 valence electrons. The zero-order chi connectivity index (χ0) is 14.5. The summed E-state index contributed by atoms with van der Waals surface area (Å²) in [6, 6.07) is 6.07. The van der Waals surface area contributed by atoms with Gasteiger partial charge in [-0.15, -0.1) is 0 Å². The van der Waals surface area contributed by atoms with Gasteiger partial charge in [-0.25, -0.2) is 4.39 Å². The Bertz CT molecular complexity index is 440. The van der Waals surface area contributed by atoms with Crippen LogP contribution in [0.15, 0.2) is 24.3 Å². The van der Waals surface area contributed by atoms with Crippen LogP contribution in [0.1, 0.15) is 39.0 Å². The number of hydrogen-bond donors (Lipinski definition) is 0. The van der Waals surface area contributed by atoms with Gasteiger partial charge in [0, 0.05) is 13.1 Å².